The first kappa shape index (κ1) is 25.3. The average Bonchev–Trinajstić information content (AvgIpc) is 2.86. The normalized spacial score (nSPS) is 18.1. The van der Waals surface area contributed by atoms with Crippen molar-refractivity contribution in [2.24, 2.45) is 5.73 Å². The minimum atomic E-state index is -3.88. The molecule has 1 fully saturated rings. The molecule has 0 aliphatic heterocycles. The van der Waals surface area contributed by atoms with E-state index in [0.717, 1.165) is 47.9 Å². The summed E-state index contributed by atoms with van der Waals surface area (Å²) in [5, 5.41) is 3.58. The van der Waals surface area contributed by atoms with Crippen molar-refractivity contribution in [1.29, 1.82) is 0 Å². The third-order valence-corrected chi connectivity index (χ3v) is 8.45. The van der Waals surface area contributed by atoms with E-state index in [4.69, 9.17) is 27.3 Å². The van der Waals surface area contributed by atoms with E-state index in [2.05, 4.69) is 20.0 Å². The van der Waals surface area contributed by atoms with E-state index >= 15 is 0 Å². The number of aromatic nitrogens is 4. The molecule has 9 nitrogen and oxygen atoms in total. The third kappa shape index (κ3) is 5.51. The summed E-state index contributed by atoms with van der Waals surface area (Å²) >= 11 is 6.07. The number of fused-ring (bicyclic) bond motifs is 1. The average molecular weight is 538 g/mol. The molecule has 3 aromatic heterocycles. The zero-order valence-electron chi connectivity index (χ0n) is 20.6. The fourth-order valence-electron chi connectivity index (χ4n) is 4.57. The number of hydrogen-bond donors (Lipinski definition) is 3. The molecule has 0 spiro atoms. The molecule has 0 amide bonds. The number of anilines is 2. The molecule has 0 radical (unpaired) electrons. The van der Waals surface area contributed by atoms with Gasteiger partial charge in [0.1, 0.15) is 16.2 Å². The van der Waals surface area contributed by atoms with Crippen LogP contribution in [0.5, 0.6) is 0 Å². The van der Waals surface area contributed by atoms with Gasteiger partial charge in [-0.1, -0.05) is 23.7 Å². The maximum atomic E-state index is 12.8. The van der Waals surface area contributed by atoms with Crippen molar-refractivity contribution in [3.05, 3.63) is 64.9 Å². The number of halogens is 1. The van der Waals surface area contributed by atoms with E-state index in [0.29, 0.717) is 23.2 Å². The van der Waals surface area contributed by atoms with Gasteiger partial charge in [0, 0.05) is 23.8 Å². The van der Waals surface area contributed by atoms with Gasteiger partial charge in [-0.3, -0.25) is 4.72 Å². The first-order valence-corrected chi connectivity index (χ1v) is 14.0. The van der Waals surface area contributed by atoms with Gasteiger partial charge < -0.3 is 11.1 Å². The van der Waals surface area contributed by atoms with E-state index in [9.17, 15) is 8.42 Å². The highest BCUT2D eigenvalue weighted by Gasteiger charge is 2.21. The number of sulfonamides is 1. The number of aryl methyl sites for hydroxylation is 2. The largest absolute Gasteiger partial charge is 0.351 e. The van der Waals surface area contributed by atoms with Crippen LogP contribution in [0.25, 0.3) is 22.3 Å². The molecule has 1 saturated carbocycles. The van der Waals surface area contributed by atoms with Crippen LogP contribution in [0.2, 0.25) is 5.02 Å². The van der Waals surface area contributed by atoms with Crippen LogP contribution in [-0.4, -0.2) is 40.4 Å². The maximum Gasteiger partial charge on any atom is 0.264 e. The van der Waals surface area contributed by atoms with Gasteiger partial charge in [0.05, 0.1) is 22.4 Å². The van der Waals surface area contributed by atoms with Gasteiger partial charge in [-0.05, 0) is 74.9 Å². The summed E-state index contributed by atoms with van der Waals surface area (Å²) in [6, 6.07) is 10.5. The lowest BCUT2D eigenvalue weighted by molar-refractivity contribution is 0.410. The van der Waals surface area contributed by atoms with Gasteiger partial charge in [-0.25, -0.2) is 28.4 Å². The SMILES string of the molecule is Cc1cc(NS(=O)(=O)c2ccccc2Cl)ncc1-c1cc(C)c2nc(NC3CCC(N)CC3)ncc2n1. The molecule has 1 aliphatic carbocycles. The molecule has 0 unspecified atom stereocenters. The van der Waals surface area contributed by atoms with Crippen molar-refractivity contribution >= 4 is 44.4 Å². The fraction of sp³-hybridized carbons (Fsp3) is 0.308. The predicted molar refractivity (Wildman–Crippen MR) is 146 cm³/mol. The van der Waals surface area contributed by atoms with Crippen LogP contribution in [0.15, 0.2) is 53.7 Å². The quantitative estimate of drug-likeness (QED) is 0.318. The number of benzene rings is 1. The summed E-state index contributed by atoms with van der Waals surface area (Å²) in [5.41, 5.74) is 10.7. The minimum absolute atomic E-state index is 0.00654. The van der Waals surface area contributed by atoms with Crippen molar-refractivity contribution in [1.82, 2.24) is 19.9 Å². The Morgan fingerprint density at radius 1 is 0.973 bits per heavy atom. The second-order valence-corrected chi connectivity index (χ2v) is 11.5. The summed E-state index contributed by atoms with van der Waals surface area (Å²) < 4.78 is 28.1. The smallest absolute Gasteiger partial charge is 0.264 e. The van der Waals surface area contributed by atoms with Crippen LogP contribution in [0.4, 0.5) is 11.8 Å². The molecule has 11 heteroatoms. The number of nitrogens with zero attached hydrogens (tertiary/aromatic N) is 4. The van der Waals surface area contributed by atoms with Crippen LogP contribution < -0.4 is 15.8 Å². The lowest BCUT2D eigenvalue weighted by atomic mass is 9.92. The fourth-order valence-corrected chi connectivity index (χ4v) is 6.09. The molecule has 1 aromatic carbocycles. The highest BCUT2D eigenvalue weighted by atomic mass is 35.5. The minimum Gasteiger partial charge on any atom is -0.351 e. The number of nitrogens with two attached hydrogens (primary N) is 1. The van der Waals surface area contributed by atoms with Crippen molar-refractivity contribution < 1.29 is 8.42 Å². The highest BCUT2D eigenvalue weighted by molar-refractivity contribution is 7.92. The second kappa shape index (κ2) is 10.2. The topological polar surface area (TPSA) is 136 Å². The molecular formula is C26H28ClN7O2S. The molecule has 0 atom stereocenters. The van der Waals surface area contributed by atoms with Gasteiger partial charge in [0.2, 0.25) is 5.95 Å². The standard InChI is InChI=1S/C26H28ClN7O2S/c1-15-12-24(34-37(35,36)23-6-4-3-5-20(23)27)29-13-19(15)21-11-16(2)25-22(32-21)14-30-26(33-25)31-18-9-7-17(28)8-10-18/h3-6,11-14,17-18H,7-10,28H2,1-2H3,(H,29,34)(H,30,31,33). The number of rotatable bonds is 6. The lowest BCUT2D eigenvalue weighted by Crippen LogP contribution is -2.33. The lowest BCUT2D eigenvalue weighted by Gasteiger charge is -2.26. The van der Waals surface area contributed by atoms with Gasteiger partial charge in [-0.2, -0.15) is 0 Å². The number of nitrogens with one attached hydrogen (secondary N) is 2. The van der Waals surface area contributed by atoms with Gasteiger partial charge in [0.25, 0.3) is 10.0 Å². The van der Waals surface area contributed by atoms with Crippen LogP contribution in [0.3, 0.4) is 0 Å². The zero-order valence-corrected chi connectivity index (χ0v) is 22.1. The van der Waals surface area contributed by atoms with E-state index in [1.165, 1.54) is 12.1 Å². The second-order valence-electron chi connectivity index (χ2n) is 9.43. The van der Waals surface area contributed by atoms with Gasteiger partial charge in [-0.15, -0.1) is 0 Å². The first-order chi connectivity index (χ1) is 17.7. The predicted octanol–water partition coefficient (Wildman–Crippen LogP) is 4.84. The molecule has 4 N–H and O–H groups in total. The molecule has 5 rings (SSSR count). The molecule has 37 heavy (non-hydrogen) atoms. The molecule has 4 aromatic rings. The monoisotopic (exact) mass is 537 g/mol. The Morgan fingerprint density at radius 2 is 1.73 bits per heavy atom. The summed E-state index contributed by atoms with van der Waals surface area (Å²) in [6.07, 6.45) is 7.36. The summed E-state index contributed by atoms with van der Waals surface area (Å²) in [7, 11) is -3.88. The summed E-state index contributed by atoms with van der Waals surface area (Å²) in [5.74, 6) is 0.792. The van der Waals surface area contributed by atoms with Crippen LogP contribution in [-0.2, 0) is 10.0 Å². The van der Waals surface area contributed by atoms with E-state index < -0.39 is 10.0 Å². The summed E-state index contributed by atoms with van der Waals surface area (Å²) in [4.78, 5) is 18.3. The summed E-state index contributed by atoms with van der Waals surface area (Å²) in [6.45, 7) is 3.86. The van der Waals surface area contributed by atoms with Gasteiger partial charge in [0.15, 0.2) is 0 Å². The maximum absolute atomic E-state index is 12.8. The first-order valence-electron chi connectivity index (χ1n) is 12.1. The van der Waals surface area contributed by atoms with Crippen LogP contribution >= 0.6 is 11.6 Å². The molecule has 1 aliphatic rings. The zero-order chi connectivity index (χ0) is 26.2. The molecule has 0 saturated heterocycles. The number of pyridine rings is 2. The Bertz CT molecular complexity index is 1570. The van der Waals surface area contributed by atoms with Crippen molar-refractivity contribution in [2.75, 3.05) is 10.0 Å². The molecule has 192 valence electrons. The Morgan fingerprint density at radius 3 is 2.46 bits per heavy atom. The molecule has 3 heterocycles. The Balaban J connectivity index is 1.38. The third-order valence-electron chi connectivity index (χ3n) is 6.59. The molecule has 0 bridgehead atoms. The van der Waals surface area contributed by atoms with Gasteiger partial charge >= 0.3 is 0 Å². The number of hydrogen-bond acceptors (Lipinski definition) is 8. The Hall–Kier alpha value is -3.34. The van der Waals surface area contributed by atoms with Crippen molar-refractivity contribution in [3.63, 3.8) is 0 Å². The molecular weight excluding hydrogens is 510 g/mol. The van der Waals surface area contributed by atoms with Crippen LogP contribution in [0, 0.1) is 13.8 Å². The van der Waals surface area contributed by atoms with Crippen molar-refractivity contribution in [3.8, 4) is 11.3 Å². The van der Waals surface area contributed by atoms with Crippen LogP contribution in [0.1, 0.15) is 36.8 Å². The van der Waals surface area contributed by atoms with E-state index in [-0.39, 0.29) is 21.8 Å². The van der Waals surface area contributed by atoms with E-state index in [1.54, 1.807) is 30.6 Å². The van der Waals surface area contributed by atoms with E-state index in [1.807, 2.05) is 19.9 Å². The Kier molecular flexibility index (Phi) is 6.98. The Labute approximate surface area is 221 Å². The van der Waals surface area contributed by atoms with Crippen molar-refractivity contribution in [2.45, 2.75) is 56.5 Å². The highest BCUT2D eigenvalue weighted by Crippen LogP contribution is 2.29.